The highest BCUT2D eigenvalue weighted by molar-refractivity contribution is 5.94. The topological polar surface area (TPSA) is 69.6 Å². The van der Waals surface area contributed by atoms with Gasteiger partial charge in [0, 0.05) is 69.5 Å². The van der Waals surface area contributed by atoms with Gasteiger partial charge in [0.25, 0.3) is 5.91 Å². The van der Waals surface area contributed by atoms with Crippen molar-refractivity contribution < 1.29 is 9.59 Å². The zero-order valence-electron chi connectivity index (χ0n) is 20.1. The van der Waals surface area contributed by atoms with E-state index >= 15 is 0 Å². The molecule has 2 atom stereocenters. The van der Waals surface area contributed by atoms with Gasteiger partial charge in [-0.1, -0.05) is 30.3 Å². The molecule has 5 rings (SSSR count). The summed E-state index contributed by atoms with van der Waals surface area (Å²) in [7, 11) is 0. The molecular weight excluding hydrogens is 438 g/mol. The summed E-state index contributed by atoms with van der Waals surface area (Å²) >= 11 is 0. The minimum Gasteiger partial charge on any atom is -0.331 e. The van der Waals surface area contributed by atoms with Crippen LogP contribution in [-0.4, -0.2) is 56.8 Å². The van der Waals surface area contributed by atoms with Crippen molar-refractivity contribution in [1.29, 1.82) is 0 Å². The van der Waals surface area contributed by atoms with Crippen molar-refractivity contribution in [2.45, 2.75) is 51.4 Å². The summed E-state index contributed by atoms with van der Waals surface area (Å²) in [6.45, 7) is 4.10. The Labute approximate surface area is 206 Å². The Bertz CT molecular complexity index is 1170. The number of hydrogen-bond acceptors (Lipinski definition) is 5. The van der Waals surface area contributed by atoms with E-state index in [1.807, 2.05) is 58.5 Å². The van der Waals surface area contributed by atoms with Crippen LogP contribution in [0, 0.1) is 0 Å². The second-order valence-electron chi connectivity index (χ2n) is 9.41. The van der Waals surface area contributed by atoms with Gasteiger partial charge in [-0.25, -0.2) is 0 Å². The molecule has 2 aromatic heterocycles. The fraction of sp³-hybridized carbons (Fsp3) is 0.357. The molecule has 7 nitrogen and oxygen atoms in total. The highest BCUT2D eigenvalue weighted by atomic mass is 16.2. The average molecular weight is 470 g/mol. The fourth-order valence-electron chi connectivity index (χ4n) is 5.45. The van der Waals surface area contributed by atoms with Gasteiger partial charge in [0.2, 0.25) is 5.91 Å². The number of amides is 2. The molecule has 1 fully saturated rings. The quantitative estimate of drug-likeness (QED) is 0.582. The zero-order valence-corrected chi connectivity index (χ0v) is 20.1. The number of anilines is 1. The van der Waals surface area contributed by atoms with E-state index in [0.29, 0.717) is 31.4 Å². The zero-order chi connectivity index (χ0) is 24.2. The number of carbonyl (C=O) groups is 2. The Balaban J connectivity index is 1.53. The van der Waals surface area contributed by atoms with Gasteiger partial charge in [0.05, 0.1) is 0 Å². The number of carbonyl (C=O) groups excluding carboxylic acids is 2. The van der Waals surface area contributed by atoms with E-state index < -0.39 is 0 Å². The van der Waals surface area contributed by atoms with E-state index in [1.54, 1.807) is 25.4 Å². The van der Waals surface area contributed by atoms with Gasteiger partial charge in [-0.3, -0.25) is 24.5 Å². The van der Waals surface area contributed by atoms with Crippen molar-refractivity contribution >= 4 is 17.5 Å². The molecule has 0 aliphatic carbocycles. The first-order chi connectivity index (χ1) is 17.1. The third-order valence-electron chi connectivity index (χ3n) is 7.17. The molecule has 1 saturated heterocycles. The minimum atomic E-state index is -0.0844. The largest absolute Gasteiger partial charge is 0.331 e. The number of nitrogens with zero attached hydrogens (tertiary/aromatic N) is 5. The van der Waals surface area contributed by atoms with Gasteiger partial charge in [-0.2, -0.15) is 0 Å². The maximum absolute atomic E-state index is 13.7. The normalized spacial score (nSPS) is 20.7. The fourth-order valence-corrected chi connectivity index (χ4v) is 5.45. The van der Waals surface area contributed by atoms with Gasteiger partial charge in [0.15, 0.2) is 0 Å². The van der Waals surface area contributed by atoms with Gasteiger partial charge in [-0.15, -0.1) is 0 Å². The summed E-state index contributed by atoms with van der Waals surface area (Å²) in [6.07, 6.45) is 8.31. The summed E-state index contributed by atoms with van der Waals surface area (Å²) in [5, 5.41) is 0. The Morgan fingerprint density at radius 2 is 1.77 bits per heavy atom. The number of para-hydroxylation sites is 1. The van der Waals surface area contributed by atoms with Crippen LogP contribution in [0.15, 0.2) is 73.2 Å². The molecule has 0 radical (unpaired) electrons. The van der Waals surface area contributed by atoms with Crippen LogP contribution in [-0.2, 0) is 17.9 Å². The lowest BCUT2D eigenvalue weighted by molar-refractivity contribution is -0.116. The molecule has 2 amide bonds. The molecule has 35 heavy (non-hydrogen) atoms. The lowest BCUT2D eigenvalue weighted by Gasteiger charge is -2.33. The first-order valence-electron chi connectivity index (χ1n) is 12.3. The number of hydrogen-bond donors (Lipinski definition) is 0. The predicted octanol–water partition coefficient (Wildman–Crippen LogP) is 3.91. The van der Waals surface area contributed by atoms with Crippen LogP contribution in [0.1, 0.15) is 47.8 Å². The summed E-state index contributed by atoms with van der Waals surface area (Å²) < 4.78 is 0. The number of fused-ring (bicyclic) bond motifs is 3. The molecule has 2 bridgehead atoms. The van der Waals surface area contributed by atoms with Crippen LogP contribution < -0.4 is 4.90 Å². The Morgan fingerprint density at radius 1 is 0.943 bits per heavy atom. The molecule has 2 aliphatic rings. The molecule has 4 heterocycles. The minimum absolute atomic E-state index is 0.0210. The molecule has 180 valence electrons. The second-order valence-corrected chi connectivity index (χ2v) is 9.41. The van der Waals surface area contributed by atoms with Crippen molar-refractivity contribution in [2.24, 2.45) is 0 Å². The van der Waals surface area contributed by atoms with Crippen LogP contribution in [0.2, 0.25) is 0 Å². The van der Waals surface area contributed by atoms with Gasteiger partial charge in [-0.05, 0) is 54.7 Å². The van der Waals surface area contributed by atoms with Crippen molar-refractivity contribution in [3.63, 3.8) is 0 Å². The first-order valence-corrected chi connectivity index (χ1v) is 12.3. The smallest absolute Gasteiger partial charge is 0.272 e. The molecular formula is C28H31N5O2. The van der Waals surface area contributed by atoms with Crippen molar-refractivity contribution in [2.75, 3.05) is 18.0 Å². The number of benzene rings is 1. The molecule has 7 heteroatoms. The molecule has 2 unspecified atom stereocenters. The van der Waals surface area contributed by atoms with Crippen LogP contribution in [0.25, 0.3) is 0 Å². The highest BCUT2D eigenvalue weighted by Crippen LogP contribution is 2.32. The lowest BCUT2D eigenvalue weighted by Crippen LogP contribution is -2.45. The van der Waals surface area contributed by atoms with Crippen LogP contribution >= 0.6 is 0 Å². The van der Waals surface area contributed by atoms with Crippen molar-refractivity contribution in [3.05, 3.63) is 90.0 Å². The van der Waals surface area contributed by atoms with E-state index in [0.717, 1.165) is 42.6 Å². The SMILES string of the molecule is CC(=O)N1CCC2CCC(CN(C(=O)c3ccccn3)Cc3ccccc31)N2Cc1cccnc1. The molecule has 0 saturated carbocycles. The van der Waals surface area contributed by atoms with E-state index in [4.69, 9.17) is 0 Å². The second kappa shape index (κ2) is 10.4. The number of aromatic nitrogens is 2. The number of pyridine rings is 2. The van der Waals surface area contributed by atoms with Crippen molar-refractivity contribution in [1.82, 2.24) is 19.8 Å². The van der Waals surface area contributed by atoms with E-state index in [-0.39, 0.29) is 17.9 Å². The third-order valence-corrected chi connectivity index (χ3v) is 7.17. The third kappa shape index (κ3) is 5.10. The molecule has 2 aliphatic heterocycles. The van der Waals surface area contributed by atoms with Crippen LogP contribution in [0.3, 0.4) is 0 Å². The Hall–Kier alpha value is -3.58. The monoisotopic (exact) mass is 469 g/mol. The standard InChI is InChI=1S/C28H31N5O2/c1-21(34)32-16-13-24-11-12-25(33(24)18-22-7-6-14-29-17-22)20-31(19-23-8-2-3-10-27(23)32)28(35)26-9-4-5-15-30-26/h2-10,14-15,17,24-25H,11-13,16,18-20H2,1H3. The Kier molecular flexibility index (Phi) is 6.86. The van der Waals surface area contributed by atoms with E-state index in [1.165, 1.54) is 0 Å². The maximum Gasteiger partial charge on any atom is 0.272 e. The predicted molar refractivity (Wildman–Crippen MR) is 135 cm³/mol. The van der Waals surface area contributed by atoms with Gasteiger partial charge < -0.3 is 9.80 Å². The lowest BCUT2D eigenvalue weighted by atomic mass is 10.1. The van der Waals surface area contributed by atoms with Crippen LogP contribution in [0.5, 0.6) is 0 Å². The Morgan fingerprint density at radius 3 is 2.54 bits per heavy atom. The summed E-state index contributed by atoms with van der Waals surface area (Å²) in [5.74, 6) is -0.0635. The summed E-state index contributed by atoms with van der Waals surface area (Å²) in [5.41, 5.74) is 3.46. The van der Waals surface area contributed by atoms with Gasteiger partial charge in [0.1, 0.15) is 5.69 Å². The molecule has 1 aromatic carbocycles. The van der Waals surface area contributed by atoms with E-state index in [2.05, 4.69) is 20.9 Å². The van der Waals surface area contributed by atoms with Crippen LogP contribution in [0.4, 0.5) is 5.69 Å². The molecule has 0 N–H and O–H groups in total. The maximum atomic E-state index is 13.7. The first kappa shape index (κ1) is 23.2. The van der Waals surface area contributed by atoms with Crippen molar-refractivity contribution in [3.8, 4) is 0 Å². The van der Waals surface area contributed by atoms with Gasteiger partial charge >= 0.3 is 0 Å². The summed E-state index contributed by atoms with van der Waals surface area (Å²) in [6, 6.07) is 18.0. The molecule has 3 aromatic rings. The summed E-state index contributed by atoms with van der Waals surface area (Å²) in [4.78, 5) is 41.4. The number of rotatable bonds is 3. The highest BCUT2D eigenvalue weighted by Gasteiger charge is 2.37. The molecule has 0 spiro atoms. The average Bonchev–Trinajstić information content (AvgIpc) is 3.24. The van der Waals surface area contributed by atoms with E-state index in [9.17, 15) is 9.59 Å².